The van der Waals surface area contributed by atoms with Gasteiger partial charge in [0.05, 0.1) is 0 Å². The minimum Gasteiger partial charge on any atom is -0.306 e. The lowest BCUT2D eigenvalue weighted by atomic mass is 10.0. The van der Waals surface area contributed by atoms with Crippen LogP contribution in [0.15, 0.2) is 0 Å². The molecule has 0 radical (unpaired) electrons. The lowest BCUT2D eigenvalue weighted by Crippen LogP contribution is -2.25. The Balaban J connectivity index is 3.42. The minimum absolute atomic E-state index is 0.857. The molecule has 0 fully saturated rings. The highest BCUT2D eigenvalue weighted by Gasteiger charge is 2.05. The van der Waals surface area contributed by atoms with Crippen LogP contribution in [0.5, 0.6) is 0 Å². The van der Waals surface area contributed by atoms with Crippen LogP contribution in [0.2, 0.25) is 0 Å². The zero-order valence-electron chi connectivity index (χ0n) is 11.6. The van der Waals surface area contributed by atoms with Crippen LogP contribution in [-0.2, 0) is 0 Å². The molecule has 0 N–H and O–H groups in total. The van der Waals surface area contributed by atoms with E-state index in [0.717, 1.165) is 11.8 Å². The SMILES string of the molecule is CCCCC(C)CN(C)CCCC(C)C. The molecule has 0 saturated carbocycles. The van der Waals surface area contributed by atoms with Crippen molar-refractivity contribution in [2.75, 3.05) is 20.1 Å². The van der Waals surface area contributed by atoms with E-state index in [4.69, 9.17) is 0 Å². The highest BCUT2D eigenvalue weighted by atomic mass is 15.1. The summed E-state index contributed by atoms with van der Waals surface area (Å²) in [6.45, 7) is 11.8. The van der Waals surface area contributed by atoms with E-state index in [1.807, 2.05) is 0 Å². The third kappa shape index (κ3) is 10.2. The van der Waals surface area contributed by atoms with Gasteiger partial charge in [0.2, 0.25) is 0 Å². The summed E-state index contributed by atoms with van der Waals surface area (Å²) in [6.07, 6.45) is 6.84. The van der Waals surface area contributed by atoms with Gasteiger partial charge in [0.1, 0.15) is 0 Å². The first-order chi connectivity index (χ1) is 7.06. The Kier molecular flexibility index (Phi) is 9.18. The Hall–Kier alpha value is -0.0400. The van der Waals surface area contributed by atoms with E-state index in [1.54, 1.807) is 0 Å². The fraction of sp³-hybridized carbons (Fsp3) is 1.00. The average Bonchev–Trinajstić information content (AvgIpc) is 2.14. The maximum Gasteiger partial charge on any atom is 0.000397 e. The molecular weight excluding hydrogens is 182 g/mol. The Labute approximate surface area is 97.2 Å². The van der Waals surface area contributed by atoms with E-state index in [0.29, 0.717) is 0 Å². The highest BCUT2D eigenvalue weighted by Crippen LogP contribution is 2.10. The smallest absolute Gasteiger partial charge is 0.000397 e. The van der Waals surface area contributed by atoms with E-state index < -0.39 is 0 Å². The van der Waals surface area contributed by atoms with E-state index in [1.165, 1.54) is 45.2 Å². The number of unbranched alkanes of at least 4 members (excludes halogenated alkanes) is 1. The van der Waals surface area contributed by atoms with E-state index in [2.05, 4.69) is 39.6 Å². The second kappa shape index (κ2) is 9.21. The van der Waals surface area contributed by atoms with Gasteiger partial charge in [-0.3, -0.25) is 0 Å². The van der Waals surface area contributed by atoms with Gasteiger partial charge in [-0.15, -0.1) is 0 Å². The van der Waals surface area contributed by atoms with Crippen LogP contribution < -0.4 is 0 Å². The molecule has 1 atom stereocenters. The van der Waals surface area contributed by atoms with Gasteiger partial charge < -0.3 is 4.90 Å². The molecule has 0 bridgehead atoms. The van der Waals surface area contributed by atoms with Crippen molar-refractivity contribution in [1.29, 1.82) is 0 Å². The van der Waals surface area contributed by atoms with Gasteiger partial charge >= 0.3 is 0 Å². The van der Waals surface area contributed by atoms with E-state index in [-0.39, 0.29) is 0 Å². The molecule has 0 saturated heterocycles. The standard InChI is InChI=1S/C14H31N/c1-6-7-10-14(4)12-15(5)11-8-9-13(2)3/h13-14H,6-12H2,1-5H3. The molecule has 0 aliphatic rings. The minimum atomic E-state index is 0.857. The van der Waals surface area contributed by atoms with Crippen LogP contribution in [0.25, 0.3) is 0 Å². The van der Waals surface area contributed by atoms with Crippen LogP contribution in [0, 0.1) is 11.8 Å². The number of hydrogen-bond donors (Lipinski definition) is 0. The van der Waals surface area contributed by atoms with Gasteiger partial charge in [0, 0.05) is 6.54 Å². The molecular formula is C14H31N. The molecule has 15 heavy (non-hydrogen) atoms. The molecule has 1 nitrogen and oxygen atoms in total. The first kappa shape index (κ1) is 15.0. The second-order valence-corrected chi connectivity index (χ2v) is 5.55. The number of hydrogen-bond acceptors (Lipinski definition) is 1. The zero-order valence-corrected chi connectivity index (χ0v) is 11.6. The topological polar surface area (TPSA) is 3.24 Å². The van der Waals surface area contributed by atoms with Crippen LogP contribution in [-0.4, -0.2) is 25.0 Å². The van der Waals surface area contributed by atoms with Crippen molar-refractivity contribution >= 4 is 0 Å². The molecule has 0 aliphatic heterocycles. The fourth-order valence-electron chi connectivity index (χ4n) is 2.04. The summed E-state index contributed by atoms with van der Waals surface area (Å²) in [4.78, 5) is 2.50. The quantitative estimate of drug-likeness (QED) is 0.555. The highest BCUT2D eigenvalue weighted by molar-refractivity contribution is 4.60. The van der Waals surface area contributed by atoms with Gasteiger partial charge in [0.15, 0.2) is 0 Å². The Morgan fingerprint density at radius 2 is 1.67 bits per heavy atom. The van der Waals surface area contributed by atoms with Crippen LogP contribution in [0.1, 0.15) is 59.8 Å². The maximum atomic E-state index is 2.50. The predicted molar refractivity (Wildman–Crippen MR) is 70.3 cm³/mol. The van der Waals surface area contributed by atoms with Crippen molar-refractivity contribution in [2.24, 2.45) is 11.8 Å². The van der Waals surface area contributed by atoms with Crippen molar-refractivity contribution in [1.82, 2.24) is 4.90 Å². The van der Waals surface area contributed by atoms with Crippen molar-refractivity contribution in [3.05, 3.63) is 0 Å². The Morgan fingerprint density at radius 3 is 2.20 bits per heavy atom. The molecule has 0 aromatic heterocycles. The third-order valence-electron chi connectivity index (χ3n) is 3.00. The monoisotopic (exact) mass is 213 g/mol. The first-order valence-electron chi connectivity index (χ1n) is 6.74. The molecule has 0 amide bonds. The molecule has 0 aromatic rings. The summed E-state index contributed by atoms with van der Waals surface area (Å²) < 4.78 is 0. The van der Waals surface area contributed by atoms with Gasteiger partial charge in [-0.1, -0.05) is 40.5 Å². The molecule has 92 valence electrons. The van der Waals surface area contributed by atoms with E-state index >= 15 is 0 Å². The van der Waals surface area contributed by atoms with Gasteiger partial charge in [-0.05, 0) is 44.7 Å². The molecule has 0 spiro atoms. The summed E-state index contributed by atoms with van der Waals surface area (Å²) in [5.41, 5.74) is 0. The van der Waals surface area contributed by atoms with E-state index in [9.17, 15) is 0 Å². The normalized spacial score (nSPS) is 13.8. The zero-order chi connectivity index (χ0) is 11.7. The fourth-order valence-corrected chi connectivity index (χ4v) is 2.04. The molecule has 0 aromatic carbocycles. The second-order valence-electron chi connectivity index (χ2n) is 5.55. The average molecular weight is 213 g/mol. The van der Waals surface area contributed by atoms with Gasteiger partial charge in [-0.2, -0.15) is 0 Å². The summed E-state index contributed by atoms with van der Waals surface area (Å²) in [5, 5.41) is 0. The van der Waals surface area contributed by atoms with Crippen molar-refractivity contribution < 1.29 is 0 Å². The lowest BCUT2D eigenvalue weighted by Gasteiger charge is -2.21. The predicted octanol–water partition coefficient (Wildman–Crippen LogP) is 4.18. The summed E-state index contributed by atoms with van der Waals surface area (Å²) in [7, 11) is 2.27. The third-order valence-corrected chi connectivity index (χ3v) is 3.00. The van der Waals surface area contributed by atoms with Gasteiger partial charge in [0.25, 0.3) is 0 Å². The van der Waals surface area contributed by atoms with Crippen LogP contribution in [0.4, 0.5) is 0 Å². The summed E-state index contributed by atoms with van der Waals surface area (Å²) >= 11 is 0. The molecule has 0 rings (SSSR count). The van der Waals surface area contributed by atoms with Crippen LogP contribution in [0.3, 0.4) is 0 Å². The first-order valence-corrected chi connectivity index (χ1v) is 6.74. The van der Waals surface area contributed by atoms with Crippen molar-refractivity contribution in [3.63, 3.8) is 0 Å². The summed E-state index contributed by atoms with van der Waals surface area (Å²) in [6, 6.07) is 0. The molecule has 0 heterocycles. The molecule has 1 unspecified atom stereocenters. The maximum absolute atomic E-state index is 2.50. The summed E-state index contributed by atoms with van der Waals surface area (Å²) in [5.74, 6) is 1.73. The Bertz CT molecular complexity index is 131. The number of rotatable bonds is 9. The van der Waals surface area contributed by atoms with Gasteiger partial charge in [-0.25, -0.2) is 0 Å². The lowest BCUT2D eigenvalue weighted by molar-refractivity contribution is 0.266. The van der Waals surface area contributed by atoms with Crippen LogP contribution >= 0.6 is 0 Å². The number of nitrogens with zero attached hydrogens (tertiary/aromatic N) is 1. The molecule has 0 aliphatic carbocycles. The van der Waals surface area contributed by atoms with Crippen molar-refractivity contribution in [2.45, 2.75) is 59.8 Å². The van der Waals surface area contributed by atoms with Crippen molar-refractivity contribution in [3.8, 4) is 0 Å². The molecule has 1 heteroatoms. The largest absolute Gasteiger partial charge is 0.306 e. The Morgan fingerprint density at radius 1 is 1.00 bits per heavy atom.